The highest BCUT2D eigenvalue weighted by molar-refractivity contribution is 7.89. The monoisotopic (exact) mass is 312 g/mol. The lowest BCUT2D eigenvalue weighted by Gasteiger charge is -2.32. The van der Waals surface area contributed by atoms with Crippen LogP contribution in [0.3, 0.4) is 0 Å². The molecule has 1 fully saturated rings. The number of ether oxygens (including phenoxy) is 1. The van der Waals surface area contributed by atoms with E-state index in [-0.39, 0.29) is 17.3 Å². The van der Waals surface area contributed by atoms with Crippen LogP contribution >= 0.6 is 0 Å². The van der Waals surface area contributed by atoms with Gasteiger partial charge in [-0.2, -0.15) is 4.31 Å². The van der Waals surface area contributed by atoms with E-state index in [0.29, 0.717) is 23.4 Å². The number of amides is 1. The molecule has 1 aliphatic rings. The van der Waals surface area contributed by atoms with E-state index in [4.69, 9.17) is 4.74 Å². The number of sulfonamides is 1. The molecule has 0 saturated carbocycles. The fraction of sp³-hybridized carbons (Fsp3) is 0.500. The number of carbonyl (C=O) groups excluding carboxylic acids is 1. The van der Waals surface area contributed by atoms with Crippen LogP contribution in [0.15, 0.2) is 17.0 Å². The number of rotatable bonds is 3. The molecule has 1 unspecified atom stereocenters. The van der Waals surface area contributed by atoms with Crippen LogP contribution in [0, 0.1) is 13.8 Å². The fourth-order valence-corrected chi connectivity index (χ4v) is 4.65. The van der Waals surface area contributed by atoms with Crippen molar-refractivity contribution < 1.29 is 17.9 Å². The Bertz CT molecular complexity index is 647. The first-order valence-electron chi connectivity index (χ1n) is 6.74. The topological polar surface area (TPSA) is 75.7 Å². The molecular formula is C14H20N2O4S. The number of carbonyl (C=O) groups is 1. The summed E-state index contributed by atoms with van der Waals surface area (Å²) in [4.78, 5) is 12.0. The van der Waals surface area contributed by atoms with Crippen molar-refractivity contribution >= 4 is 15.9 Å². The Morgan fingerprint density at radius 3 is 2.38 bits per heavy atom. The summed E-state index contributed by atoms with van der Waals surface area (Å²) >= 11 is 0. The highest BCUT2D eigenvalue weighted by atomic mass is 32.2. The molecule has 1 aromatic carbocycles. The van der Waals surface area contributed by atoms with Gasteiger partial charge >= 0.3 is 0 Å². The molecule has 0 aliphatic carbocycles. The summed E-state index contributed by atoms with van der Waals surface area (Å²) in [5.41, 5.74) is 1.23. The minimum Gasteiger partial charge on any atom is -0.497 e. The standard InChI is InChI=1S/C14H20N2O4S/c1-9-7-12(20-4)8-10(2)13(9)21(18,19)16-6-5-15-14(17)11(16)3/h7-8,11H,5-6H2,1-4H3,(H,15,17). The van der Waals surface area contributed by atoms with Gasteiger partial charge in [-0.05, 0) is 44.0 Å². The molecule has 2 rings (SSSR count). The molecular weight excluding hydrogens is 292 g/mol. The van der Waals surface area contributed by atoms with Gasteiger partial charge in [0.25, 0.3) is 0 Å². The highest BCUT2D eigenvalue weighted by Gasteiger charge is 2.37. The molecule has 1 aromatic rings. The van der Waals surface area contributed by atoms with Gasteiger partial charge in [-0.1, -0.05) is 0 Å². The summed E-state index contributed by atoms with van der Waals surface area (Å²) in [6.07, 6.45) is 0. The van der Waals surface area contributed by atoms with Crippen LogP contribution in [-0.4, -0.2) is 44.9 Å². The number of piperazine rings is 1. The third-order valence-corrected chi connectivity index (χ3v) is 5.96. The number of hydrogen-bond acceptors (Lipinski definition) is 4. The normalized spacial score (nSPS) is 20.2. The minimum absolute atomic E-state index is 0.254. The van der Waals surface area contributed by atoms with Crippen LogP contribution in [0.5, 0.6) is 5.75 Å². The average Bonchev–Trinajstić information content (AvgIpc) is 2.40. The molecule has 116 valence electrons. The molecule has 1 atom stereocenters. The quantitative estimate of drug-likeness (QED) is 0.896. The Morgan fingerprint density at radius 2 is 1.86 bits per heavy atom. The first-order valence-corrected chi connectivity index (χ1v) is 8.18. The number of hydrogen-bond donors (Lipinski definition) is 1. The molecule has 1 N–H and O–H groups in total. The van der Waals surface area contributed by atoms with E-state index in [1.807, 2.05) is 0 Å². The van der Waals surface area contributed by atoms with Crippen LogP contribution in [-0.2, 0) is 14.8 Å². The third kappa shape index (κ3) is 2.75. The minimum atomic E-state index is -3.71. The fourth-order valence-electron chi connectivity index (χ4n) is 2.64. The second kappa shape index (κ2) is 5.65. The number of benzene rings is 1. The Kier molecular flexibility index (Phi) is 4.25. The molecule has 21 heavy (non-hydrogen) atoms. The molecule has 1 amide bonds. The van der Waals surface area contributed by atoms with Crippen LogP contribution in [0.4, 0.5) is 0 Å². The lowest BCUT2D eigenvalue weighted by molar-refractivity contribution is -0.126. The van der Waals surface area contributed by atoms with Crippen molar-refractivity contribution in [3.63, 3.8) is 0 Å². The Morgan fingerprint density at radius 1 is 1.29 bits per heavy atom. The summed E-state index contributed by atoms with van der Waals surface area (Å²) in [5, 5.41) is 2.67. The summed E-state index contributed by atoms with van der Waals surface area (Å²) in [7, 11) is -2.17. The molecule has 0 spiro atoms. The maximum absolute atomic E-state index is 12.9. The first-order chi connectivity index (χ1) is 9.78. The van der Waals surface area contributed by atoms with Gasteiger partial charge in [0.15, 0.2) is 0 Å². The maximum atomic E-state index is 12.9. The average molecular weight is 312 g/mol. The number of methoxy groups -OCH3 is 1. The SMILES string of the molecule is COc1cc(C)c(S(=O)(=O)N2CCNC(=O)C2C)c(C)c1. The predicted molar refractivity (Wildman–Crippen MR) is 78.8 cm³/mol. The van der Waals surface area contributed by atoms with Crippen molar-refractivity contribution in [1.82, 2.24) is 9.62 Å². The van der Waals surface area contributed by atoms with Gasteiger partial charge in [0.1, 0.15) is 11.8 Å². The summed E-state index contributed by atoms with van der Waals surface area (Å²) < 4.78 is 32.2. The Balaban J connectivity index is 2.52. The van der Waals surface area contributed by atoms with Gasteiger partial charge in [0.05, 0.1) is 12.0 Å². The van der Waals surface area contributed by atoms with Crippen molar-refractivity contribution in [1.29, 1.82) is 0 Å². The van der Waals surface area contributed by atoms with E-state index in [9.17, 15) is 13.2 Å². The van der Waals surface area contributed by atoms with Crippen LogP contribution in [0.25, 0.3) is 0 Å². The highest BCUT2D eigenvalue weighted by Crippen LogP contribution is 2.29. The smallest absolute Gasteiger partial charge is 0.244 e. The zero-order valence-electron chi connectivity index (χ0n) is 12.6. The van der Waals surface area contributed by atoms with Crippen molar-refractivity contribution in [3.8, 4) is 5.75 Å². The summed E-state index contributed by atoms with van der Waals surface area (Å²) in [6, 6.07) is 2.67. The van der Waals surface area contributed by atoms with Gasteiger partial charge in [0.2, 0.25) is 15.9 Å². The van der Waals surface area contributed by atoms with E-state index < -0.39 is 16.1 Å². The van der Waals surface area contributed by atoms with Gasteiger partial charge < -0.3 is 10.1 Å². The second-order valence-electron chi connectivity index (χ2n) is 5.17. The number of aryl methyl sites for hydroxylation is 2. The lowest BCUT2D eigenvalue weighted by Crippen LogP contribution is -2.55. The van der Waals surface area contributed by atoms with E-state index in [2.05, 4.69) is 5.32 Å². The van der Waals surface area contributed by atoms with Gasteiger partial charge in [-0.25, -0.2) is 8.42 Å². The summed E-state index contributed by atoms with van der Waals surface area (Å²) in [6.45, 7) is 5.67. The molecule has 1 heterocycles. The molecule has 1 aliphatic heterocycles. The van der Waals surface area contributed by atoms with Crippen molar-refractivity contribution in [3.05, 3.63) is 23.3 Å². The van der Waals surface area contributed by atoms with Gasteiger partial charge in [-0.15, -0.1) is 0 Å². The van der Waals surface area contributed by atoms with E-state index in [1.54, 1.807) is 40.0 Å². The first kappa shape index (κ1) is 15.8. The zero-order chi connectivity index (χ0) is 15.8. The van der Waals surface area contributed by atoms with Crippen molar-refractivity contribution in [2.75, 3.05) is 20.2 Å². The Labute approximate surface area is 125 Å². The molecule has 0 aromatic heterocycles. The van der Waals surface area contributed by atoms with Crippen molar-refractivity contribution in [2.45, 2.75) is 31.7 Å². The molecule has 1 saturated heterocycles. The third-order valence-electron chi connectivity index (χ3n) is 3.68. The van der Waals surface area contributed by atoms with Crippen LogP contribution < -0.4 is 10.1 Å². The second-order valence-corrected chi connectivity index (χ2v) is 7.00. The largest absolute Gasteiger partial charge is 0.497 e. The molecule has 7 heteroatoms. The van der Waals surface area contributed by atoms with E-state index in [0.717, 1.165) is 0 Å². The molecule has 0 radical (unpaired) electrons. The predicted octanol–water partition coefficient (Wildman–Crippen LogP) is 0.821. The maximum Gasteiger partial charge on any atom is 0.244 e. The number of nitrogens with zero attached hydrogens (tertiary/aromatic N) is 1. The number of nitrogens with one attached hydrogen (secondary N) is 1. The zero-order valence-corrected chi connectivity index (χ0v) is 13.5. The van der Waals surface area contributed by atoms with Crippen LogP contribution in [0.1, 0.15) is 18.1 Å². The molecule has 6 nitrogen and oxygen atoms in total. The Hall–Kier alpha value is -1.60. The van der Waals surface area contributed by atoms with Gasteiger partial charge in [-0.3, -0.25) is 4.79 Å². The van der Waals surface area contributed by atoms with Crippen molar-refractivity contribution in [2.24, 2.45) is 0 Å². The van der Waals surface area contributed by atoms with E-state index in [1.165, 1.54) is 4.31 Å². The summed E-state index contributed by atoms with van der Waals surface area (Å²) in [5.74, 6) is 0.349. The lowest BCUT2D eigenvalue weighted by atomic mass is 10.1. The van der Waals surface area contributed by atoms with Gasteiger partial charge in [0, 0.05) is 13.1 Å². The molecule has 0 bridgehead atoms. The van der Waals surface area contributed by atoms with E-state index >= 15 is 0 Å². The van der Waals surface area contributed by atoms with Crippen LogP contribution in [0.2, 0.25) is 0 Å².